The van der Waals surface area contributed by atoms with E-state index in [-0.39, 0.29) is 0 Å². The molecule has 1 aromatic heterocycles. The van der Waals surface area contributed by atoms with Crippen LogP contribution in [-0.4, -0.2) is 36.4 Å². The first-order valence-electron chi connectivity index (χ1n) is 8.74. The van der Waals surface area contributed by atoms with Crippen molar-refractivity contribution in [3.8, 4) is 5.88 Å². The van der Waals surface area contributed by atoms with Gasteiger partial charge in [-0.3, -0.25) is 0 Å². The molecule has 1 fully saturated rings. The SMILES string of the molecule is COc1ncc(B2OC(C)(C)C(C)(C)O2)cc1NC(=O)Nc1ccccc1. The summed E-state index contributed by atoms with van der Waals surface area (Å²) < 4.78 is 17.4. The van der Waals surface area contributed by atoms with Crippen LogP contribution < -0.4 is 20.8 Å². The lowest BCUT2D eigenvalue weighted by Gasteiger charge is -2.32. The highest BCUT2D eigenvalue weighted by molar-refractivity contribution is 6.62. The predicted octanol–water partition coefficient (Wildman–Crippen LogP) is 3.03. The molecular formula is C19H24BN3O4. The van der Waals surface area contributed by atoms with Crippen molar-refractivity contribution in [3.05, 3.63) is 42.6 Å². The summed E-state index contributed by atoms with van der Waals surface area (Å²) in [6.45, 7) is 7.93. The number of carbonyl (C=O) groups excluding carboxylic acids is 1. The van der Waals surface area contributed by atoms with Crippen molar-refractivity contribution in [2.24, 2.45) is 0 Å². The van der Waals surface area contributed by atoms with Crippen LogP contribution >= 0.6 is 0 Å². The molecule has 0 radical (unpaired) electrons. The van der Waals surface area contributed by atoms with Gasteiger partial charge in [-0.15, -0.1) is 0 Å². The first kappa shape index (κ1) is 19.2. The number of hydrogen-bond donors (Lipinski definition) is 2. The zero-order valence-corrected chi connectivity index (χ0v) is 16.2. The van der Waals surface area contributed by atoms with Crippen LogP contribution in [0.15, 0.2) is 42.6 Å². The molecule has 2 heterocycles. The number of pyridine rings is 1. The molecule has 0 unspecified atom stereocenters. The molecule has 2 amide bonds. The van der Waals surface area contributed by atoms with Gasteiger partial charge in [0, 0.05) is 17.3 Å². The molecule has 1 aromatic carbocycles. The van der Waals surface area contributed by atoms with E-state index in [0.29, 0.717) is 22.7 Å². The number of hydrogen-bond acceptors (Lipinski definition) is 5. The number of para-hydroxylation sites is 1. The fraction of sp³-hybridized carbons (Fsp3) is 0.368. The number of benzene rings is 1. The van der Waals surface area contributed by atoms with E-state index in [1.807, 2.05) is 45.9 Å². The quantitative estimate of drug-likeness (QED) is 0.810. The Labute approximate surface area is 159 Å². The second-order valence-electron chi connectivity index (χ2n) is 7.36. The summed E-state index contributed by atoms with van der Waals surface area (Å²) in [5.74, 6) is 0.304. The van der Waals surface area contributed by atoms with Crippen LogP contribution in [0.4, 0.5) is 16.2 Å². The van der Waals surface area contributed by atoms with Gasteiger partial charge in [0.1, 0.15) is 5.69 Å². The van der Waals surface area contributed by atoms with E-state index in [9.17, 15) is 4.79 Å². The topological polar surface area (TPSA) is 81.7 Å². The maximum atomic E-state index is 12.3. The number of anilines is 2. The van der Waals surface area contributed by atoms with Crippen molar-refractivity contribution < 1.29 is 18.8 Å². The van der Waals surface area contributed by atoms with Crippen molar-refractivity contribution in [1.82, 2.24) is 4.98 Å². The highest BCUT2D eigenvalue weighted by Gasteiger charge is 2.51. The zero-order chi connectivity index (χ0) is 19.7. The van der Waals surface area contributed by atoms with Crippen LogP contribution in [0.3, 0.4) is 0 Å². The van der Waals surface area contributed by atoms with Gasteiger partial charge in [-0.2, -0.15) is 0 Å². The number of methoxy groups -OCH3 is 1. The maximum Gasteiger partial charge on any atom is 0.496 e. The third kappa shape index (κ3) is 4.07. The number of amides is 2. The highest BCUT2D eigenvalue weighted by Crippen LogP contribution is 2.36. The van der Waals surface area contributed by atoms with Crippen molar-refractivity contribution in [2.75, 3.05) is 17.7 Å². The molecule has 3 rings (SSSR count). The van der Waals surface area contributed by atoms with Crippen LogP contribution in [0, 0.1) is 0 Å². The van der Waals surface area contributed by atoms with Gasteiger partial charge in [-0.05, 0) is 45.9 Å². The zero-order valence-electron chi connectivity index (χ0n) is 16.2. The normalized spacial score (nSPS) is 17.4. The predicted molar refractivity (Wildman–Crippen MR) is 106 cm³/mol. The molecule has 0 aliphatic carbocycles. The van der Waals surface area contributed by atoms with Crippen molar-refractivity contribution >= 4 is 30.0 Å². The molecule has 0 saturated carbocycles. The minimum Gasteiger partial charge on any atom is -0.480 e. The van der Waals surface area contributed by atoms with E-state index in [0.717, 1.165) is 0 Å². The molecule has 1 aliphatic rings. The van der Waals surface area contributed by atoms with Gasteiger partial charge >= 0.3 is 13.1 Å². The molecule has 1 aliphatic heterocycles. The largest absolute Gasteiger partial charge is 0.496 e. The molecule has 2 aromatic rings. The van der Waals surface area contributed by atoms with Gasteiger partial charge in [-0.25, -0.2) is 9.78 Å². The van der Waals surface area contributed by atoms with Crippen molar-refractivity contribution in [3.63, 3.8) is 0 Å². The van der Waals surface area contributed by atoms with Crippen LogP contribution in [0.2, 0.25) is 0 Å². The summed E-state index contributed by atoms with van der Waals surface area (Å²) in [5, 5.41) is 5.53. The first-order valence-corrected chi connectivity index (χ1v) is 8.74. The maximum absolute atomic E-state index is 12.3. The van der Waals surface area contributed by atoms with Crippen LogP contribution in [0.25, 0.3) is 0 Å². The Morgan fingerprint density at radius 3 is 2.30 bits per heavy atom. The Morgan fingerprint density at radius 2 is 1.70 bits per heavy atom. The molecule has 1 saturated heterocycles. The van der Waals surface area contributed by atoms with Crippen LogP contribution in [0.5, 0.6) is 5.88 Å². The molecule has 7 nitrogen and oxygen atoms in total. The number of rotatable bonds is 4. The lowest BCUT2D eigenvalue weighted by Crippen LogP contribution is -2.41. The van der Waals surface area contributed by atoms with E-state index in [2.05, 4.69) is 15.6 Å². The number of aromatic nitrogens is 1. The minimum absolute atomic E-state index is 0.304. The Morgan fingerprint density at radius 1 is 1.07 bits per heavy atom. The van der Waals surface area contributed by atoms with Gasteiger partial charge < -0.3 is 24.7 Å². The summed E-state index contributed by atoms with van der Waals surface area (Å²) in [5.41, 5.74) is 0.887. The lowest BCUT2D eigenvalue weighted by molar-refractivity contribution is 0.00578. The van der Waals surface area contributed by atoms with Gasteiger partial charge in [-0.1, -0.05) is 18.2 Å². The fourth-order valence-electron chi connectivity index (χ4n) is 2.63. The Bertz CT molecular complexity index is 811. The third-order valence-electron chi connectivity index (χ3n) is 4.87. The van der Waals surface area contributed by atoms with Gasteiger partial charge in [0.2, 0.25) is 5.88 Å². The summed E-state index contributed by atoms with van der Waals surface area (Å²) in [4.78, 5) is 16.6. The Balaban J connectivity index is 1.79. The van der Waals surface area contributed by atoms with Gasteiger partial charge in [0.15, 0.2) is 0 Å². The van der Waals surface area contributed by atoms with Crippen molar-refractivity contribution in [1.29, 1.82) is 0 Å². The first-order chi connectivity index (χ1) is 12.7. The Kier molecular flexibility index (Phi) is 5.12. The number of ether oxygens (including phenoxy) is 1. The average Bonchev–Trinajstić information content (AvgIpc) is 2.83. The van der Waals surface area contributed by atoms with Crippen LogP contribution in [0.1, 0.15) is 27.7 Å². The third-order valence-corrected chi connectivity index (χ3v) is 4.87. The van der Waals surface area contributed by atoms with E-state index in [1.165, 1.54) is 7.11 Å². The molecule has 0 spiro atoms. The summed E-state index contributed by atoms with van der Waals surface area (Å²) >= 11 is 0. The Hall–Kier alpha value is -2.58. The summed E-state index contributed by atoms with van der Waals surface area (Å²) in [6.07, 6.45) is 1.63. The summed E-state index contributed by atoms with van der Waals surface area (Å²) in [7, 11) is 0.919. The van der Waals surface area contributed by atoms with Crippen molar-refractivity contribution in [2.45, 2.75) is 38.9 Å². The molecule has 0 atom stereocenters. The lowest BCUT2D eigenvalue weighted by atomic mass is 9.80. The smallest absolute Gasteiger partial charge is 0.480 e. The van der Waals surface area contributed by atoms with E-state index in [1.54, 1.807) is 24.4 Å². The average molecular weight is 369 g/mol. The molecule has 27 heavy (non-hydrogen) atoms. The number of urea groups is 1. The highest BCUT2D eigenvalue weighted by atomic mass is 16.7. The number of nitrogens with zero attached hydrogens (tertiary/aromatic N) is 1. The summed E-state index contributed by atoms with van der Waals surface area (Å²) in [6, 6.07) is 10.5. The second kappa shape index (κ2) is 7.21. The fourth-order valence-corrected chi connectivity index (χ4v) is 2.63. The second-order valence-corrected chi connectivity index (χ2v) is 7.36. The number of nitrogens with one attached hydrogen (secondary N) is 2. The monoisotopic (exact) mass is 369 g/mol. The molecule has 8 heteroatoms. The molecule has 2 N–H and O–H groups in total. The number of carbonyl (C=O) groups is 1. The van der Waals surface area contributed by atoms with E-state index in [4.69, 9.17) is 14.0 Å². The molecule has 0 bridgehead atoms. The van der Waals surface area contributed by atoms with Gasteiger partial charge in [0.05, 0.1) is 18.3 Å². The van der Waals surface area contributed by atoms with Crippen LogP contribution in [-0.2, 0) is 9.31 Å². The minimum atomic E-state index is -0.578. The van der Waals surface area contributed by atoms with Gasteiger partial charge in [0.25, 0.3) is 0 Å². The molecule has 142 valence electrons. The van der Waals surface area contributed by atoms with E-state index >= 15 is 0 Å². The van der Waals surface area contributed by atoms with E-state index < -0.39 is 24.4 Å². The molecular weight excluding hydrogens is 345 g/mol. The standard InChI is InChI=1S/C19H24BN3O4/c1-18(2)19(3,4)27-20(26-18)13-11-15(16(25-5)21-12-13)23-17(24)22-14-9-7-6-8-10-14/h6-12H,1-5H3,(H2,22,23,24).